The van der Waals surface area contributed by atoms with E-state index in [2.05, 4.69) is 103 Å². The fourth-order valence-electron chi connectivity index (χ4n) is 4.14. The molecular weight excluding hydrogens is 678 g/mol. The summed E-state index contributed by atoms with van der Waals surface area (Å²) in [5.74, 6) is 0. The van der Waals surface area contributed by atoms with Crippen LogP contribution in [0.1, 0.15) is 9.75 Å². The average molecular weight is 708 g/mol. The number of rotatable bonds is 4. The second-order valence-corrected chi connectivity index (χ2v) is 46.3. The van der Waals surface area contributed by atoms with Crippen LogP contribution in [0.4, 0.5) is 0 Å². The van der Waals surface area contributed by atoms with Crippen molar-refractivity contribution in [2.45, 2.75) is 43.5 Å². The van der Waals surface area contributed by atoms with Crippen LogP contribution in [-0.2, 0) is 0 Å². The van der Waals surface area contributed by atoms with Crippen LogP contribution in [0.25, 0.3) is 41.1 Å². The van der Waals surface area contributed by atoms with Crippen molar-refractivity contribution >= 4 is 108 Å². The van der Waals surface area contributed by atoms with E-state index in [9.17, 15) is 0 Å². The van der Waals surface area contributed by atoms with E-state index in [1.165, 1.54) is 50.8 Å². The minimum atomic E-state index is -2.21. The molecule has 4 heterocycles. The summed E-state index contributed by atoms with van der Waals surface area (Å²) in [5.41, 5.74) is 3.02. The Kier molecular flexibility index (Phi) is 6.24. The molecule has 0 aliphatic rings. The van der Waals surface area contributed by atoms with Gasteiger partial charge in [0.05, 0.1) is 0 Å². The van der Waals surface area contributed by atoms with Crippen LogP contribution >= 0.6 is 45.3 Å². The van der Waals surface area contributed by atoms with Crippen LogP contribution in [0.5, 0.6) is 0 Å². The molecule has 0 N–H and O–H groups in total. The number of fused-ring (bicyclic) bond motifs is 2. The Morgan fingerprint density at radius 3 is 1.19 bits per heavy atom. The summed E-state index contributed by atoms with van der Waals surface area (Å²) in [6.07, 6.45) is 0. The number of aryl methyl sites for hydroxylation is 2. The van der Waals surface area contributed by atoms with Crippen molar-refractivity contribution in [1.29, 1.82) is 0 Å². The SMILES string of the molecule is Cc1ccc(-c2c3c[c]([Sn]([CH3])([CH3])[CH3])sc3c(-c3ccc(C)s3)c3c[c]([Sn]([CH3])([CH3])[CH3])sc23)s1. The topological polar surface area (TPSA) is 0 Å². The van der Waals surface area contributed by atoms with E-state index in [-0.39, 0.29) is 0 Å². The Bertz CT molecular complexity index is 1300. The normalized spacial score (nSPS) is 13.0. The van der Waals surface area contributed by atoms with E-state index >= 15 is 0 Å². The van der Waals surface area contributed by atoms with Crippen molar-refractivity contribution < 1.29 is 0 Å². The van der Waals surface area contributed by atoms with Crippen molar-refractivity contribution in [3.63, 3.8) is 0 Å². The molecule has 32 heavy (non-hydrogen) atoms. The van der Waals surface area contributed by atoms with Gasteiger partial charge in [0.15, 0.2) is 0 Å². The molecule has 1 aromatic carbocycles. The molecule has 6 heteroatoms. The third kappa shape index (κ3) is 4.19. The maximum absolute atomic E-state index is 2.60. The summed E-state index contributed by atoms with van der Waals surface area (Å²) in [5, 5.41) is 3.01. The molecule has 5 rings (SSSR count). The fraction of sp³-hybridized carbons (Fsp3) is 0.308. The van der Waals surface area contributed by atoms with Gasteiger partial charge in [0.2, 0.25) is 0 Å². The first-order valence-electron chi connectivity index (χ1n) is 11.1. The summed E-state index contributed by atoms with van der Waals surface area (Å²) in [6, 6.07) is 14.5. The van der Waals surface area contributed by atoms with Crippen LogP contribution in [0, 0.1) is 13.8 Å². The van der Waals surface area contributed by atoms with Gasteiger partial charge in [-0.3, -0.25) is 0 Å². The van der Waals surface area contributed by atoms with E-state index in [4.69, 9.17) is 0 Å². The van der Waals surface area contributed by atoms with Crippen molar-refractivity contribution in [1.82, 2.24) is 0 Å². The second kappa shape index (κ2) is 8.37. The molecule has 0 spiro atoms. The van der Waals surface area contributed by atoms with Gasteiger partial charge in [-0.1, -0.05) is 0 Å². The number of thiophene rings is 4. The van der Waals surface area contributed by atoms with Gasteiger partial charge in [0, 0.05) is 0 Å². The monoisotopic (exact) mass is 710 g/mol. The predicted octanol–water partition coefficient (Wildman–Crippen LogP) is 9.28. The molecule has 0 radical (unpaired) electrons. The van der Waals surface area contributed by atoms with Crippen LogP contribution in [0.15, 0.2) is 36.4 Å². The summed E-state index contributed by atoms with van der Waals surface area (Å²) in [7, 11) is 0. The molecule has 0 nitrogen and oxygen atoms in total. The van der Waals surface area contributed by atoms with Crippen molar-refractivity contribution in [2.75, 3.05) is 0 Å². The summed E-state index contributed by atoms with van der Waals surface area (Å²) in [6.45, 7) is 4.48. The Labute approximate surface area is 216 Å². The molecule has 0 saturated heterocycles. The third-order valence-corrected chi connectivity index (χ3v) is 29.1. The fourth-order valence-corrected chi connectivity index (χ4v) is 19.0. The maximum atomic E-state index is 2.60. The zero-order chi connectivity index (χ0) is 23.0. The minimum absolute atomic E-state index is 1.40. The number of hydrogen-bond donors (Lipinski definition) is 0. The van der Waals surface area contributed by atoms with Gasteiger partial charge in [0.1, 0.15) is 0 Å². The van der Waals surface area contributed by atoms with E-state index in [1.807, 2.05) is 22.7 Å². The quantitative estimate of drug-likeness (QED) is 0.164. The standard InChI is InChI=1S/C20H12S4.6CH3.2Sn/c1-11-3-5-15(23-11)17-13-7-9-22-20(13)18(14-8-10-21-19(14)17)16-6-4-12(2)24-16;;;;;;;;/h3-8H,1-2H3;6*1H3;;. The van der Waals surface area contributed by atoms with Crippen molar-refractivity contribution in [3.05, 3.63) is 46.2 Å². The van der Waals surface area contributed by atoms with E-state index < -0.39 is 36.8 Å². The van der Waals surface area contributed by atoms with Gasteiger partial charge in [-0.2, -0.15) is 0 Å². The number of hydrogen-bond acceptors (Lipinski definition) is 4. The van der Waals surface area contributed by atoms with Crippen LogP contribution in [-0.4, -0.2) is 36.8 Å². The molecule has 4 aromatic heterocycles. The van der Waals surface area contributed by atoms with E-state index in [1.54, 1.807) is 5.79 Å². The van der Waals surface area contributed by atoms with Gasteiger partial charge in [0.25, 0.3) is 0 Å². The van der Waals surface area contributed by atoms with Gasteiger partial charge in [-0.25, -0.2) is 0 Å². The Morgan fingerprint density at radius 1 is 0.531 bits per heavy atom. The molecule has 0 unspecified atom stereocenters. The second-order valence-electron chi connectivity index (χ2n) is 10.8. The molecule has 0 atom stereocenters. The predicted molar refractivity (Wildman–Crippen MR) is 159 cm³/mol. The first-order chi connectivity index (χ1) is 14.9. The zero-order valence-corrected chi connectivity index (χ0v) is 29.1. The molecule has 0 fully saturated rings. The van der Waals surface area contributed by atoms with Crippen LogP contribution in [0.2, 0.25) is 29.6 Å². The molecule has 0 saturated carbocycles. The van der Waals surface area contributed by atoms with Crippen molar-refractivity contribution in [3.8, 4) is 20.9 Å². The summed E-state index contributed by atoms with van der Waals surface area (Å²) in [4.78, 5) is 21.0. The zero-order valence-electron chi connectivity index (χ0n) is 20.1. The molecule has 166 valence electrons. The number of benzene rings is 1. The Morgan fingerprint density at radius 2 is 0.906 bits per heavy atom. The van der Waals surface area contributed by atoms with Crippen molar-refractivity contribution in [2.24, 2.45) is 0 Å². The van der Waals surface area contributed by atoms with Gasteiger partial charge >= 0.3 is 219 Å². The molecule has 0 aliphatic heterocycles. The Hall–Kier alpha value is 0.137. The molecular formula is C26H30S4Sn2. The third-order valence-electron chi connectivity index (χ3n) is 5.91. The summed E-state index contributed by atoms with van der Waals surface area (Å²) < 4.78 is 6.42. The summed E-state index contributed by atoms with van der Waals surface area (Å²) >= 11 is 3.72. The average Bonchev–Trinajstić information content (AvgIpc) is 3.43. The molecule has 5 aromatic rings. The molecule has 0 aliphatic carbocycles. The molecule has 0 amide bonds. The van der Waals surface area contributed by atoms with Gasteiger partial charge < -0.3 is 0 Å². The first kappa shape index (κ1) is 23.9. The molecule has 0 bridgehead atoms. The Balaban J connectivity index is 2.00. The van der Waals surface area contributed by atoms with Crippen LogP contribution in [0.3, 0.4) is 0 Å². The van der Waals surface area contributed by atoms with Gasteiger partial charge in [-0.15, -0.1) is 0 Å². The first-order valence-corrected chi connectivity index (χ1v) is 34.4. The van der Waals surface area contributed by atoms with E-state index in [0.29, 0.717) is 0 Å². The van der Waals surface area contributed by atoms with Crippen LogP contribution < -0.4 is 5.79 Å². The van der Waals surface area contributed by atoms with E-state index in [0.717, 1.165) is 0 Å². The van der Waals surface area contributed by atoms with Gasteiger partial charge in [-0.05, 0) is 0 Å².